The number of carbonyl (C=O) groups is 2. The second-order valence-electron chi connectivity index (χ2n) is 7.17. The molecule has 2 aliphatic rings. The van der Waals surface area contributed by atoms with Crippen LogP contribution in [0.5, 0.6) is 5.75 Å². The van der Waals surface area contributed by atoms with Crippen LogP contribution in [0.15, 0.2) is 65.5 Å². The normalized spacial score (nSPS) is 20.8. The number of carboxylic acid groups (broad SMARTS) is 1. The molecule has 0 amide bonds. The number of nitrogens with one attached hydrogen (secondary N) is 1. The maximum Gasteiger partial charge on any atom is 0.341 e. The average Bonchev–Trinajstić information content (AvgIpc) is 2.73. The van der Waals surface area contributed by atoms with E-state index in [1.165, 1.54) is 0 Å². The molecule has 6 nitrogen and oxygen atoms in total. The number of carbonyl (C=O) groups excluding carboxylic acids is 1. The first kappa shape index (κ1) is 19.2. The van der Waals surface area contributed by atoms with Gasteiger partial charge >= 0.3 is 5.97 Å². The Kier molecular flexibility index (Phi) is 4.93. The number of hydrogen-bond acceptors (Lipinski definition) is 5. The number of allylic oxidation sites excluding steroid dienone is 6. The van der Waals surface area contributed by atoms with Crippen molar-refractivity contribution in [2.75, 3.05) is 6.61 Å². The third kappa shape index (κ3) is 3.47. The summed E-state index contributed by atoms with van der Waals surface area (Å²) in [7, 11) is 0. The third-order valence-electron chi connectivity index (χ3n) is 4.84. The highest BCUT2D eigenvalue weighted by Crippen LogP contribution is 2.42. The molecular weight excluding hydrogens is 356 g/mol. The summed E-state index contributed by atoms with van der Waals surface area (Å²) in [6.45, 7) is 7.45. The molecule has 1 aromatic rings. The van der Waals surface area contributed by atoms with Crippen LogP contribution in [-0.2, 0) is 10.2 Å². The molecule has 0 saturated carbocycles. The second kappa shape index (κ2) is 7.20. The summed E-state index contributed by atoms with van der Waals surface area (Å²) in [5, 5.41) is 21.3. The van der Waals surface area contributed by atoms with Crippen molar-refractivity contribution < 1.29 is 19.4 Å². The maximum atomic E-state index is 13.2. The largest absolute Gasteiger partial charge is 0.482 e. The van der Waals surface area contributed by atoms with Crippen LogP contribution in [0.3, 0.4) is 0 Å². The minimum absolute atomic E-state index is 0.112. The Labute approximate surface area is 163 Å². The van der Waals surface area contributed by atoms with Crippen LogP contribution in [0.25, 0.3) is 0 Å². The molecule has 0 spiro atoms. The lowest BCUT2D eigenvalue weighted by molar-refractivity contribution is -0.139. The molecule has 0 aromatic heterocycles. The average molecular weight is 376 g/mol. The van der Waals surface area contributed by atoms with Crippen molar-refractivity contribution in [3.05, 3.63) is 76.7 Å². The molecule has 1 heterocycles. The van der Waals surface area contributed by atoms with Crippen molar-refractivity contribution in [1.82, 2.24) is 5.32 Å². The Hall–Kier alpha value is -3.59. The summed E-state index contributed by atoms with van der Waals surface area (Å²) < 4.78 is 5.29. The molecule has 0 fully saturated rings. The first-order valence-electron chi connectivity index (χ1n) is 8.75. The summed E-state index contributed by atoms with van der Waals surface area (Å²) in [6.07, 6.45) is 5.50. The Bertz CT molecular complexity index is 1020. The molecule has 0 unspecified atom stereocenters. The van der Waals surface area contributed by atoms with Crippen molar-refractivity contribution in [3.63, 3.8) is 0 Å². The van der Waals surface area contributed by atoms with Crippen molar-refractivity contribution in [1.29, 1.82) is 5.26 Å². The number of benzene rings is 1. The molecule has 0 saturated heterocycles. The van der Waals surface area contributed by atoms with Crippen molar-refractivity contribution in [2.24, 2.45) is 0 Å². The van der Waals surface area contributed by atoms with Crippen LogP contribution < -0.4 is 10.1 Å². The molecule has 0 atom stereocenters. The molecule has 1 aromatic carbocycles. The van der Waals surface area contributed by atoms with Gasteiger partial charge in [-0.2, -0.15) is 5.26 Å². The number of ether oxygens (including phenoxy) is 1. The van der Waals surface area contributed by atoms with Gasteiger partial charge in [-0.25, -0.2) is 4.79 Å². The van der Waals surface area contributed by atoms with Gasteiger partial charge < -0.3 is 15.2 Å². The lowest BCUT2D eigenvalue weighted by Crippen LogP contribution is -2.37. The van der Waals surface area contributed by atoms with Crippen molar-refractivity contribution in [3.8, 4) is 11.8 Å². The van der Waals surface area contributed by atoms with E-state index in [0.29, 0.717) is 40.3 Å². The second-order valence-corrected chi connectivity index (χ2v) is 7.17. The van der Waals surface area contributed by atoms with Crippen LogP contribution in [-0.4, -0.2) is 23.5 Å². The number of carboxylic acids is 1. The van der Waals surface area contributed by atoms with Crippen LogP contribution in [0, 0.1) is 11.3 Å². The van der Waals surface area contributed by atoms with Crippen molar-refractivity contribution >= 4 is 11.8 Å². The van der Waals surface area contributed by atoms with Crippen LogP contribution in [0.2, 0.25) is 0 Å². The summed E-state index contributed by atoms with van der Waals surface area (Å²) in [5.74, 6) is -0.793. The minimum atomic E-state index is -1.07. The van der Waals surface area contributed by atoms with Gasteiger partial charge in [-0.3, -0.25) is 4.79 Å². The first-order valence-corrected chi connectivity index (χ1v) is 8.75. The van der Waals surface area contributed by atoms with E-state index in [0.717, 1.165) is 5.56 Å². The van der Waals surface area contributed by atoms with E-state index in [1.54, 1.807) is 36.4 Å². The summed E-state index contributed by atoms with van der Waals surface area (Å²) >= 11 is 0. The fourth-order valence-electron chi connectivity index (χ4n) is 3.49. The standard InChI is InChI=1S/C22H20N2O4/c1-13-9-14(11-23)5-4-6-17-20(27)16-8-7-15(28-12-19(25)26)10-18(16)22(2,3)21(17)24-13/h4-5,7-10,24H,1,6,12H2,2-3H3,(H,25,26)/b5-4-,14-9+. The predicted octanol–water partition coefficient (Wildman–Crippen LogP) is 3.39. The van der Waals surface area contributed by atoms with E-state index in [1.807, 2.05) is 13.8 Å². The topological polar surface area (TPSA) is 99.4 Å². The van der Waals surface area contributed by atoms with E-state index < -0.39 is 18.0 Å². The number of aliphatic carboxylic acids is 1. The molecule has 3 rings (SSSR count). The van der Waals surface area contributed by atoms with Gasteiger partial charge in [0.15, 0.2) is 12.4 Å². The summed E-state index contributed by atoms with van der Waals surface area (Å²) in [4.78, 5) is 24.0. The molecule has 142 valence electrons. The molecule has 0 radical (unpaired) electrons. The predicted molar refractivity (Wildman–Crippen MR) is 104 cm³/mol. The number of nitrogens with zero attached hydrogens (tertiary/aromatic N) is 1. The lowest BCUT2D eigenvalue weighted by Gasteiger charge is -2.37. The Morgan fingerprint density at radius 2 is 2.18 bits per heavy atom. The van der Waals surface area contributed by atoms with Gasteiger partial charge in [0.1, 0.15) is 5.75 Å². The van der Waals surface area contributed by atoms with Gasteiger partial charge in [-0.1, -0.05) is 26.5 Å². The van der Waals surface area contributed by atoms with Gasteiger partial charge in [-0.15, -0.1) is 0 Å². The van der Waals surface area contributed by atoms with Gasteiger partial charge in [0, 0.05) is 27.9 Å². The van der Waals surface area contributed by atoms with E-state index in [9.17, 15) is 14.9 Å². The highest BCUT2D eigenvalue weighted by atomic mass is 16.5. The Morgan fingerprint density at radius 3 is 2.86 bits per heavy atom. The Balaban J connectivity index is 2.09. The molecule has 2 N–H and O–H groups in total. The van der Waals surface area contributed by atoms with Gasteiger partial charge in [0.05, 0.1) is 11.6 Å². The molecule has 1 aliphatic carbocycles. The molecular formula is C22H20N2O4. The highest BCUT2D eigenvalue weighted by Gasteiger charge is 2.39. The Morgan fingerprint density at radius 1 is 1.43 bits per heavy atom. The minimum Gasteiger partial charge on any atom is -0.482 e. The van der Waals surface area contributed by atoms with Gasteiger partial charge in [0.2, 0.25) is 0 Å². The maximum absolute atomic E-state index is 13.2. The quantitative estimate of drug-likeness (QED) is 0.839. The zero-order valence-corrected chi connectivity index (χ0v) is 15.7. The molecule has 28 heavy (non-hydrogen) atoms. The number of Topliss-reactive ketones (excluding diaryl/α,β-unsaturated/α-hetero) is 1. The number of ketones is 1. The molecule has 1 aliphatic heterocycles. The van der Waals surface area contributed by atoms with E-state index in [4.69, 9.17) is 9.84 Å². The van der Waals surface area contributed by atoms with Crippen LogP contribution >= 0.6 is 0 Å². The van der Waals surface area contributed by atoms with Crippen LogP contribution in [0.1, 0.15) is 36.2 Å². The van der Waals surface area contributed by atoms with Gasteiger partial charge in [0.25, 0.3) is 0 Å². The fraction of sp³-hybridized carbons (Fsp3) is 0.227. The molecule has 6 heteroatoms. The summed E-state index contributed by atoms with van der Waals surface area (Å²) in [5.41, 5.74) is 3.00. The highest BCUT2D eigenvalue weighted by molar-refractivity contribution is 6.12. The van der Waals surface area contributed by atoms with Crippen molar-refractivity contribution in [2.45, 2.75) is 25.7 Å². The first-order chi connectivity index (χ1) is 13.2. The lowest BCUT2D eigenvalue weighted by atomic mass is 9.70. The van der Waals surface area contributed by atoms with Crippen LogP contribution in [0.4, 0.5) is 0 Å². The van der Waals surface area contributed by atoms with Gasteiger partial charge in [-0.05, 0) is 42.3 Å². The van der Waals surface area contributed by atoms with E-state index in [-0.39, 0.29) is 5.78 Å². The number of rotatable bonds is 3. The fourth-order valence-corrected chi connectivity index (χ4v) is 3.49. The zero-order valence-electron chi connectivity index (χ0n) is 15.7. The number of nitriles is 1. The van der Waals surface area contributed by atoms with E-state index in [2.05, 4.69) is 18.0 Å². The molecule has 0 bridgehead atoms. The number of hydrogen-bond donors (Lipinski definition) is 2. The number of fused-ring (bicyclic) bond motifs is 1. The van der Waals surface area contributed by atoms with E-state index >= 15 is 0 Å². The zero-order chi connectivity index (χ0) is 20.5. The smallest absolute Gasteiger partial charge is 0.341 e. The monoisotopic (exact) mass is 376 g/mol. The SMILES string of the molecule is C=C1/C=C(C#N)\C=C/CC2=C(N1)C(C)(C)c1cc(OCC(=O)O)ccc1C2=O. The third-order valence-corrected chi connectivity index (χ3v) is 4.84. The summed E-state index contributed by atoms with van der Waals surface area (Å²) in [6, 6.07) is 7.08.